The lowest BCUT2D eigenvalue weighted by Gasteiger charge is -2.07. The minimum absolute atomic E-state index is 0.307. The standard InChI is InChI=1S/C6H12O.C4H8O2/c1-3-4-5-6(2)7;1-2-4-6-5-3-1/h3-5H2,1-2H3;1-4H2. The van der Waals surface area contributed by atoms with E-state index in [4.69, 9.17) is 0 Å². The molecule has 0 amide bonds. The van der Waals surface area contributed by atoms with Crippen molar-refractivity contribution in [1.29, 1.82) is 0 Å². The molecular weight excluding hydrogens is 168 g/mol. The van der Waals surface area contributed by atoms with Crippen LogP contribution in [-0.4, -0.2) is 19.0 Å². The van der Waals surface area contributed by atoms with Crippen molar-refractivity contribution in [2.24, 2.45) is 0 Å². The predicted molar refractivity (Wildman–Crippen MR) is 51.3 cm³/mol. The predicted octanol–water partition coefficient (Wildman–Crippen LogP) is 2.49. The Bertz CT molecular complexity index is 108. The highest BCUT2D eigenvalue weighted by atomic mass is 17.2. The molecule has 1 saturated heterocycles. The summed E-state index contributed by atoms with van der Waals surface area (Å²) >= 11 is 0. The van der Waals surface area contributed by atoms with Crippen molar-refractivity contribution in [3.8, 4) is 0 Å². The van der Waals surface area contributed by atoms with Crippen LogP contribution in [0.5, 0.6) is 0 Å². The molecule has 78 valence electrons. The fourth-order valence-corrected chi connectivity index (χ4v) is 0.866. The molecule has 3 heteroatoms. The molecule has 0 saturated carbocycles. The first-order valence-corrected chi connectivity index (χ1v) is 5.01. The summed E-state index contributed by atoms with van der Waals surface area (Å²) in [5.74, 6) is 0.307. The molecule has 1 aliphatic rings. The molecule has 1 heterocycles. The zero-order chi connectivity index (χ0) is 9.94. The Kier molecular flexibility index (Phi) is 9.37. The summed E-state index contributed by atoms with van der Waals surface area (Å²) in [5, 5.41) is 0. The van der Waals surface area contributed by atoms with Gasteiger partial charge in [-0.1, -0.05) is 13.3 Å². The summed E-state index contributed by atoms with van der Waals surface area (Å²) in [6, 6.07) is 0. The molecule has 0 aliphatic carbocycles. The van der Waals surface area contributed by atoms with Crippen LogP contribution in [0, 0.1) is 0 Å². The van der Waals surface area contributed by atoms with E-state index in [9.17, 15) is 4.79 Å². The Balaban J connectivity index is 0.000000223. The Hall–Kier alpha value is -0.410. The van der Waals surface area contributed by atoms with Crippen molar-refractivity contribution in [2.75, 3.05) is 13.2 Å². The summed E-state index contributed by atoms with van der Waals surface area (Å²) in [5.41, 5.74) is 0. The van der Waals surface area contributed by atoms with E-state index in [2.05, 4.69) is 16.7 Å². The van der Waals surface area contributed by atoms with E-state index in [-0.39, 0.29) is 0 Å². The highest BCUT2D eigenvalue weighted by Gasteiger charge is 1.95. The van der Waals surface area contributed by atoms with Gasteiger partial charge >= 0.3 is 0 Å². The minimum Gasteiger partial charge on any atom is -0.300 e. The molecule has 1 fully saturated rings. The molecule has 3 nitrogen and oxygen atoms in total. The molecule has 0 spiro atoms. The van der Waals surface area contributed by atoms with Crippen LogP contribution in [-0.2, 0) is 14.6 Å². The lowest BCUT2D eigenvalue weighted by atomic mass is 10.2. The van der Waals surface area contributed by atoms with Gasteiger partial charge in [0.25, 0.3) is 0 Å². The molecule has 0 aromatic carbocycles. The maximum atomic E-state index is 10.2. The Morgan fingerprint density at radius 3 is 1.92 bits per heavy atom. The summed E-state index contributed by atoms with van der Waals surface area (Å²) in [4.78, 5) is 19.3. The second kappa shape index (κ2) is 9.68. The van der Waals surface area contributed by atoms with Crippen LogP contribution in [0.4, 0.5) is 0 Å². The number of unbranched alkanes of at least 4 members (excludes halogenated alkanes) is 1. The lowest BCUT2D eigenvalue weighted by Crippen LogP contribution is -2.05. The minimum atomic E-state index is 0.307. The molecule has 13 heavy (non-hydrogen) atoms. The first-order valence-electron chi connectivity index (χ1n) is 5.01. The average Bonchev–Trinajstić information content (AvgIpc) is 2.18. The van der Waals surface area contributed by atoms with Gasteiger partial charge in [-0.05, 0) is 26.2 Å². The SMILES string of the molecule is C1CCOOC1.CCCCC(C)=O. The first kappa shape index (κ1) is 12.6. The first-order chi connectivity index (χ1) is 6.27. The van der Waals surface area contributed by atoms with Gasteiger partial charge in [-0.2, -0.15) is 0 Å². The van der Waals surface area contributed by atoms with Crippen LogP contribution in [0.2, 0.25) is 0 Å². The summed E-state index contributed by atoms with van der Waals surface area (Å²) in [6.45, 7) is 5.28. The molecular formula is C10H20O3. The topological polar surface area (TPSA) is 35.5 Å². The Morgan fingerprint density at radius 1 is 1.23 bits per heavy atom. The van der Waals surface area contributed by atoms with Gasteiger partial charge in [0.05, 0.1) is 13.2 Å². The highest BCUT2D eigenvalue weighted by Crippen LogP contribution is 1.97. The van der Waals surface area contributed by atoms with Crippen LogP contribution in [0.1, 0.15) is 46.0 Å². The molecule has 0 aromatic rings. The van der Waals surface area contributed by atoms with Gasteiger partial charge in [-0.3, -0.25) is 0 Å². The fourth-order valence-electron chi connectivity index (χ4n) is 0.866. The normalized spacial score (nSPS) is 15.8. The quantitative estimate of drug-likeness (QED) is 0.638. The van der Waals surface area contributed by atoms with Gasteiger partial charge in [-0.15, -0.1) is 0 Å². The van der Waals surface area contributed by atoms with Crippen LogP contribution < -0.4 is 0 Å². The van der Waals surface area contributed by atoms with Gasteiger partial charge in [-0.25, -0.2) is 9.78 Å². The highest BCUT2D eigenvalue weighted by molar-refractivity contribution is 5.75. The van der Waals surface area contributed by atoms with Crippen LogP contribution in [0.25, 0.3) is 0 Å². The maximum absolute atomic E-state index is 10.2. The van der Waals surface area contributed by atoms with Crippen molar-refractivity contribution in [2.45, 2.75) is 46.0 Å². The average molecular weight is 188 g/mol. The zero-order valence-corrected chi connectivity index (χ0v) is 8.67. The Labute approximate surface area is 80.3 Å². The zero-order valence-electron chi connectivity index (χ0n) is 8.67. The third-order valence-corrected chi connectivity index (χ3v) is 1.67. The van der Waals surface area contributed by atoms with Gasteiger partial charge in [0, 0.05) is 6.42 Å². The molecule has 1 rings (SSSR count). The van der Waals surface area contributed by atoms with E-state index < -0.39 is 0 Å². The smallest absolute Gasteiger partial charge is 0.129 e. The van der Waals surface area contributed by atoms with Crippen molar-refractivity contribution in [3.05, 3.63) is 0 Å². The molecule has 1 aliphatic heterocycles. The molecule has 0 bridgehead atoms. The molecule has 0 unspecified atom stereocenters. The number of ketones is 1. The number of hydrogen-bond donors (Lipinski definition) is 0. The van der Waals surface area contributed by atoms with Crippen LogP contribution in [0.3, 0.4) is 0 Å². The maximum Gasteiger partial charge on any atom is 0.129 e. The molecule has 0 aromatic heterocycles. The van der Waals surface area contributed by atoms with Crippen molar-refractivity contribution >= 4 is 5.78 Å². The van der Waals surface area contributed by atoms with Gasteiger partial charge in [0.2, 0.25) is 0 Å². The number of rotatable bonds is 3. The second-order valence-corrected chi connectivity index (χ2v) is 3.16. The van der Waals surface area contributed by atoms with Gasteiger partial charge < -0.3 is 4.79 Å². The third-order valence-electron chi connectivity index (χ3n) is 1.67. The van der Waals surface area contributed by atoms with Crippen molar-refractivity contribution in [3.63, 3.8) is 0 Å². The number of carbonyl (C=O) groups is 1. The Morgan fingerprint density at radius 2 is 1.77 bits per heavy atom. The van der Waals surface area contributed by atoms with Crippen molar-refractivity contribution in [1.82, 2.24) is 0 Å². The summed E-state index contributed by atoms with van der Waals surface area (Å²) in [6.07, 6.45) is 5.24. The number of carbonyl (C=O) groups excluding carboxylic acids is 1. The van der Waals surface area contributed by atoms with E-state index in [1.165, 1.54) is 0 Å². The van der Waals surface area contributed by atoms with Gasteiger partial charge in [0.1, 0.15) is 5.78 Å². The van der Waals surface area contributed by atoms with E-state index >= 15 is 0 Å². The van der Waals surface area contributed by atoms with E-state index in [1.54, 1.807) is 6.92 Å². The third kappa shape index (κ3) is 11.6. The lowest BCUT2D eigenvalue weighted by molar-refractivity contribution is -0.312. The second-order valence-electron chi connectivity index (χ2n) is 3.16. The largest absolute Gasteiger partial charge is 0.300 e. The van der Waals surface area contributed by atoms with E-state index in [1.807, 2.05) is 0 Å². The molecule has 0 N–H and O–H groups in total. The summed E-state index contributed by atoms with van der Waals surface area (Å²) in [7, 11) is 0. The van der Waals surface area contributed by atoms with Gasteiger partial charge in [0.15, 0.2) is 0 Å². The van der Waals surface area contributed by atoms with Crippen molar-refractivity contribution < 1.29 is 14.6 Å². The number of Topliss-reactive ketones (excluding diaryl/α,β-unsaturated/α-hetero) is 1. The molecule has 0 atom stereocenters. The van der Waals surface area contributed by atoms with E-state index in [0.29, 0.717) is 5.78 Å². The monoisotopic (exact) mass is 188 g/mol. The number of hydrogen-bond acceptors (Lipinski definition) is 3. The van der Waals surface area contributed by atoms with Crippen LogP contribution in [0.15, 0.2) is 0 Å². The van der Waals surface area contributed by atoms with Crippen LogP contribution >= 0.6 is 0 Å². The summed E-state index contributed by atoms with van der Waals surface area (Å²) < 4.78 is 0. The fraction of sp³-hybridized carbons (Fsp3) is 0.900. The van der Waals surface area contributed by atoms with E-state index in [0.717, 1.165) is 45.3 Å². The molecule has 0 radical (unpaired) electrons.